The van der Waals surface area contributed by atoms with Gasteiger partial charge >= 0.3 is 6.03 Å². The van der Waals surface area contributed by atoms with Crippen LogP contribution in [-0.2, 0) is 0 Å². The highest BCUT2D eigenvalue weighted by molar-refractivity contribution is 5.74. The Hall–Kier alpha value is -1.85. The molecular weight excluding hydrogens is 290 g/mol. The summed E-state index contributed by atoms with van der Waals surface area (Å²) in [5.41, 5.74) is 2.15. The molecule has 122 valence electrons. The zero-order valence-electron chi connectivity index (χ0n) is 13.0. The van der Waals surface area contributed by atoms with Crippen LogP contribution in [0.1, 0.15) is 24.0 Å². The maximum atomic E-state index is 13.0. The number of urea groups is 1. The van der Waals surface area contributed by atoms with Gasteiger partial charge in [0.05, 0.1) is 6.54 Å². The quantitative estimate of drug-likeness (QED) is 0.868. The molecule has 22 heavy (non-hydrogen) atoms. The van der Waals surface area contributed by atoms with E-state index in [0.29, 0.717) is 13.2 Å². The molecule has 0 atom stereocenters. The molecule has 0 spiro atoms. The molecular formula is C16H22F2N2O2. The Balaban J connectivity index is 1.70. The van der Waals surface area contributed by atoms with Crippen LogP contribution in [0.5, 0.6) is 5.75 Å². The largest absolute Gasteiger partial charge is 0.491 e. The van der Waals surface area contributed by atoms with Gasteiger partial charge in [-0.25, -0.2) is 13.6 Å². The van der Waals surface area contributed by atoms with Crippen LogP contribution in [-0.4, -0.2) is 43.1 Å². The molecule has 0 aliphatic carbocycles. The number of nitrogens with one attached hydrogen (secondary N) is 1. The predicted molar refractivity (Wildman–Crippen MR) is 80.6 cm³/mol. The van der Waals surface area contributed by atoms with Crippen molar-refractivity contribution in [2.24, 2.45) is 0 Å². The molecule has 4 nitrogen and oxygen atoms in total. The summed E-state index contributed by atoms with van der Waals surface area (Å²) >= 11 is 0. The molecule has 1 aromatic carbocycles. The lowest BCUT2D eigenvalue weighted by Crippen LogP contribution is -2.47. The van der Waals surface area contributed by atoms with Gasteiger partial charge < -0.3 is 15.0 Å². The summed E-state index contributed by atoms with van der Waals surface area (Å²) in [7, 11) is 0. The van der Waals surface area contributed by atoms with Gasteiger partial charge in [-0.1, -0.05) is 12.1 Å². The van der Waals surface area contributed by atoms with Crippen LogP contribution in [0.4, 0.5) is 13.6 Å². The second kappa shape index (κ2) is 6.94. The summed E-state index contributed by atoms with van der Waals surface area (Å²) in [6, 6.07) is 5.64. The summed E-state index contributed by atoms with van der Waals surface area (Å²) in [6.45, 7) is 4.83. The van der Waals surface area contributed by atoms with Crippen molar-refractivity contribution in [3.05, 3.63) is 29.3 Å². The molecule has 1 fully saturated rings. The van der Waals surface area contributed by atoms with E-state index < -0.39 is 5.92 Å². The second-order valence-corrected chi connectivity index (χ2v) is 5.69. The third kappa shape index (κ3) is 4.58. The zero-order chi connectivity index (χ0) is 16.2. The van der Waals surface area contributed by atoms with Crippen LogP contribution >= 0.6 is 0 Å². The Bertz CT molecular complexity index is 525. The number of benzene rings is 1. The number of alkyl halides is 2. The Morgan fingerprint density at radius 1 is 1.32 bits per heavy atom. The molecule has 0 unspecified atom stereocenters. The number of carbonyl (C=O) groups is 1. The monoisotopic (exact) mass is 312 g/mol. The van der Waals surface area contributed by atoms with Gasteiger partial charge in [-0.05, 0) is 31.0 Å². The maximum absolute atomic E-state index is 13.0. The number of hydrogen-bond donors (Lipinski definition) is 1. The van der Waals surface area contributed by atoms with E-state index >= 15 is 0 Å². The topological polar surface area (TPSA) is 41.6 Å². The highest BCUT2D eigenvalue weighted by atomic mass is 19.3. The lowest BCUT2D eigenvalue weighted by atomic mass is 10.1. The first kappa shape index (κ1) is 16.5. The third-order valence-corrected chi connectivity index (χ3v) is 3.76. The van der Waals surface area contributed by atoms with Gasteiger partial charge in [0.1, 0.15) is 12.4 Å². The molecule has 1 aliphatic heterocycles. The molecule has 0 aromatic heterocycles. The number of halogens is 2. The smallest absolute Gasteiger partial charge is 0.317 e. The van der Waals surface area contributed by atoms with E-state index in [1.165, 1.54) is 4.90 Å². The van der Waals surface area contributed by atoms with E-state index in [9.17, 15) is 13.6 Å². The fourth-order valence-corrected chi connectivity index (χ4v) is 2.33. The summed E-state index contributed by atoms with van der Waals surface area (Å²) in [4.78, 5) is 13.3. The van der Waals surface area contributed by atoms with E-state index in [0.717, 1.165) is 16.9 Å². The van der Waals surface area contributed by atoms with Gasteiger partial charge in [0, 0.05) is 25.9 Å². The van der Waals surface area contributed by atoms with Crippen molar-refractivity contribution < 1.29 is 18.3 Å². The van der Waals surface area contributed by atoms with Gasteiger partial charge in [0.25, 0.3) is 5.92 Å². The fourth-order valence-electron chi connectivity index (χ4n) is 2.33. The van der Waals surface area contributed by atoms with E-state index in [4.69, 9.17) is 4.74 Å². The van der Waals surface area contributed by atoms with Crippen LogP contribution < -0.4 is 10.1 Å². The maximum Gasteiger partial charge on any atom is 0.317 e. The van der Waals surface area contributed by atoms with Crippen LogP contribution in [0.2, 0.25) is 0 Å². The van der Waals surface area contributed by atoms with E-state index in [-0.39, 0.29) is 32.0 Å². The lowest BCUT2D eigenvalue weighted by Gasteiger charge is -2.31. The number of carbonyl (C=O) groups excluding carboxylic acids is 1. The molecule has 0 saturated carbocycles. The molecule has 1 aromatic rings. The molecule has 6 heteroatoms. The Kier molecular flexibility index (Phi) is 5.21. The number of piperidine rings is 1. The third-order valence-electron chi connectivity index (χ3n) is 3.76. The minimum absolute atomic E-state index is 0.0939. The Morgan fingerprint density at radius 2 is 2.00 bits per heavy atom. The van der Waals surface area contributed by atoms with Gasteiger partial charge in [0.15, 0.2) is 0 Å². The lowest BCUT2D eigenvalue weighted by molar-refractivity contribution is -0.0469. The number of likely N-dealkylation sites (tertiary alicyclic amines) is 1. The molecule has 0 radical (unpaired) electrons. The number of hydrogen-bond acceptors (Lipinski definition) is 2. The van der Waals surface area contributed by atoms with Crippen molar-refractivity contribution in [3.8, 4) is 5.75 Å². The minimum atomic E-state index is -2.64. The van der Waals surface area contributed by atoms with Crippen molar-refractivity contribution in [2.75, 3.05) is 26.2 Å². The molecule has 0 bridgehead atoms. The average molecular weight is 312 g/mol. The fraction of sp³-hybridized carbons (Fsp3) is 0.562. The standard InChI is InChI=1S/C16H22F2N2O2/c1-12-3-4-13(2)14(11-12)22-10-7-19-15(21)20-8-5-16(17,18)6-9-20/h3-4,11H,5-10H2,1-2H3,(H,19,21). The van der Waals surface area contributed by atoms with E-state index in [1.807, 2.05) is 32.0 Å². The average Bonchev–Trinajstić information content (AvgIpc) is 2.46. The van der Waals surface area contributed by atoms with Crippen molar-refractivity contribution in [3.63, 3.8) is 0 Å². The molecule has 1 N–H and O–H groups in total. The number of nitrogens with zero attached hydrogens (tertiary/aromatic N) is 1. The van der Waals surface area contributed by atoms with E-state index in [2.05, 4.69) is 5.32 Å². The van der Waals surface area contributed by atoms with E-state index in [1.54, 1.807) is 0 Å². The first-order valence-electron chi connectivity index (χ1n) is 7.48. The highest BCUT2D eigenvalue weighted by Gasteiger charge is 2.35. The number of ether oxygens (including phenoxy) is 1. The summed E-state index contributed by atoms with van der Waals surface area (Å²) in [6.07, 6.45) is -0.529. The molecule has 1 saturated heterocycles. The Morgan fingerprint density at radius 3 is 2.68 bits per heavy atom. The van der Waals surface area contributed by atoms with Crippen LogP contribution in [0.15, 0.2) is 18.2 Å². The first-order valence-corrected chi connectivity index (χ1v) is 7.48. The predicted octanol–water partition coefficient (Wildman–Crippen LogP) is 3.12. The van der Waals surface area contributed by atoms with Gasteiger partial charge in [-0.2, -0.15) is 0 Å². The van der Waals surface area contributed by atoms with Crippen LogP contribution in [0.25, 0.3) is 0 Å². The van der Waals surface area contributed by atoms with Crippen molar-refractivity contribution in [1.82, 2.24) is 10.2 Å². The van der Waals surface area contributed by atoms with Gasteiger partial charge in [0.2, 0.25) is 0 Å². The van der Waals surface area contributed by atoms with Gasteiger partial charge in [-0.15, -0.1) is 0 Å². The van der Waals surface area contributed by atoms with Crippen molar-refractivity contribution >= 4 is 6.03 Å². The second-order valence-electron chi connectivity index (χ2n) is 5.69. The summed E-state index contributed by atoms with van der Waals surface area (Å²) < 4.78 is 31.7. The number of aryl methyl sites for hydroxylation is 2. The van der Waals surface area contributed by atoms with Crippen molar-refractivity contribution in [1.29, 1.82) is 0 Å². The Labute approximate surface area is 129 Å². The number of rotatable bonds is 4. The number of amides is 2. The van der Waals surface area contributed by atoms with Gasteiger partial charge in [-0.3, -0.25) is 0 Å². The summed E-state index contributed by atoms with van der Waals surface area (Å²) in [5, 5.41) is 2.70. The SMILES string of the molecule is Cc1ccc(C)c(OCCNC(=O)N2CCC(F)(F)CC2)c1. The normalized spacial score (nSPS) is 17.2. The molecule has 2 amide bonds. The molecule has 2 rings (SSSR count). The van der Waals surface area contributed by atoms with Crippen LogP contribution in [0, 0.1) is 13.8 Å². The van der Waals surface area contributed by atoms with Crippen LogP contribution in [0.3, 0.4) is 0 Å². The molecule has 1 heterocycles. The summed E-state index contributed by atoms with van der Waals surface area (Å²) in [5.74, 6) is -1.84. The van der Waals surface area contributed by atoms with Crippen molar-refractivity contribution in [2.45, 2.75) is 32.6 Å². The first-order chi connectivity index (χ1) is 10.4. The minimum Gasteiger partial charge on any atom is -0.491 e. The zero-order valence-corrected chi connectivity index (χ0v) is 13.0. The molecule has 1 aliphatic rings. The highest BCUT2D eigenvalue weighted by Crippen LogP contribution is 2.27.